The lowest BCUT2D eigenvalue weighted by molar-refractivity contribution is -0.394. The summed E-state index contributed by atoms with van der Waals surface area (Å²) in [7, 11) is 0. The molecule has 1 aliphatic heterocycles. The highest BCUT2D eigenvalue weighted by Gasteiger charge is 2.53. The average molecular weight is 559 g/mol. The molecule has 0 radical (unpaired) electrons. The van der Waals surface area contributed by atoms with Crippen LogP contribution in [-0.4, -0.2) is 62.5 Å². The molecule has 0 unspecified atom stereocenters. The minimum absolute atomic E-state index is 0.197. The maximum absolute atomic E-state index is 13.1. The Bertz CT molecular complexity index is 1530. The predicted octanol–water partition coefficient (Wildman–Crippen LogP) is 3.39. The first-order chi connectivity index (χ1) is 19.9. The monoisotopic (exact) mass is 558 g/mol. The summed E-state index contributed by atoms with van der Waals surface area (Å²) in [6.45, 7) is -0.410. The van der Waals surface area contributed by atoms with Crippen LogP contribution in [0.5, 0.6) is 0 Å². The topological polar surface area (TPSA) is 162 Å². The number of rotatable bonds is 9. The van der Waals surface area contributed by atoms with Gasteiger partial charge in [0, 0.05) is 5.10 Å². The number of ether oxygens (including phenoxy) is 4. The Balaban J connectivity index is 1.47. The van der Waals surface area contributed by atoms with Crippen molar-refractivity contribution in [3.8, 4) is 0 Å². The quantitative estimate of drug-likeness (QED) is 0.128. The summed E-state index contributed by atoms with van der Waals surface area (Å²) in [6.07, 6.45) is -4.13. The molecule has 0 aliphatic carbocycles. The summed E-state index contributed by atoms with van der Waals surface area (Å²) in [6, 6.07) is 24.3. The van der Waals surface area contributed by atoms with Gasteiger partial charge in [0.25, 0.3) is 0 Å². The van der Waals surface area contributed by atoms with Crippen molar-refractivity contribution in [3.05, 3.63) is 124 Å². The minimum Gasteiger partial charge on any atom is -0.459 e. The van der Waals surface area contributed by atoms with Crippen LogP contribution in [0.2, 0.25) is 0 Å². The number of carbonyl (C=O) groups is 3. The minimum atomic E-state index is -1.36. The smallest absolute Gasteiger partial charge is 0.459 e. The van der Waals surface area contributed by atoms with Crippen molar-refractivity contribution in [2.24, 2.45) is 0 Å². The third-order valence-electron chi connectivity index (χ3n) is 6.10. The van der Waals surface area contributed by atoms with Crippen LogP contribution in [0, 0.1) is 10.1 Å². The van der Waals surface area contributed by atoms with Crippen LogP contribution >= 0.6 is 0 Å². The molecule has 0 saturated carbocycles. The summed E-state index contributed by atoms with van der Waals surface area (Å²) in [5, 5.41) is 15.0. The molecule has 0 spiro atoms. The highest BCUT2D eigenvalue weighted by atomic mass is 16.7. The van der Waals surface area contributed by atoms with Gasteiger partial charge in [-0.2, -0.15) is 0 Å². The zero-order valence-corrected chi connectivity index (χ0v) is 21.2. The first-order valence-corrected chi connectivity index (χ1v) is 12.4. The zero-order chi connectivity index (χ0) is 28.8. The van der Waals surface area contributed by atoms with Gasteiger partial charge in [0.05, 0.1) is 16.7 Å². The molecule has 1 fully saturated rings. The van der Waals surface area contributed by atoms with Crippen molar-refractivity contribution in [2.75, 3.05) is 6.61 Å². The second-order valence-corrected chi connectivity index (χ2v) is 8.78. The molecule has 3 aromatic carbocycles. The van der Waals surface area contributed by atoms with Crippen LogP contribution in [0.4, 0.5) is 5.95 Å². The highest BCUT2D eigenvalue weighted by Crippen LogP contribution is 2.35. The number of nitro groups is 1. The van der Waals surface area contributed by atoms with Gasteiger partial charge in [0.1, 0.15) is 12.7 Å². The van der Waals surface area contributed by atoms with E-state index in [1.54, 1.807) is 66.7 Å². The van der Waals surface area contributed by atoms with Crippen molar-refractivity contribution in [1.82, 2.24) is 14.8 Å². The van der Waals surface area contributed by atoms with E-state index in [-0.39, 0.29) is 16.7 Å². The van der Waals surface area contributed by atoms with Crippen LogP contribution < -0.4 is 0 Å². The molecule has 4 aromatic rings. The van der Waals surface area contributed by atoms with Gasteiger partial charge >= 0.3 is 23.9 Å². The molecule has 208 valence electrons. The van der Waals surface area contributed by atoms with Crippen LogP contribution in [0.15, 0.2) is 97.3 Å². The number of carbonyl (C=O) groups excluding carboxylic acids is 3. The second kappa shape index (κ2) is 12.2. The van der Waals surface area contributed by atoms with Gasteiger partial charge < -0.3 is 29.1 Å². The van der Waals surface area contributed by atoms with Crippen molar-refractivity contribution in [1.29, 1.82) is 0 Å². The fourth-order valence-electron chi connectivity index (χ4n) is 4.14. The molecule has 13 heteroatoms. The normalized spacial score (nSPS) is 19.7. The number of esters is 3. The summed E-state index contributed by atoms with van der Waals surface area (Å²) in [5.41, 5.74) is 0.683. The number of hydrogen-bond acceptors (Lipinski definition) is 11. The van der Waals surface area contributed by atoms with Crippen molar-refractivity contribution in [2.45, 2.75) is 24.5 Å². The summed E-state index contributed by atoms with van der Waals surface area (Å²) in [5.74, 6) is -2.93. The first-order valence-electron chi connectivity index (χ1n) is 12.4. The summed E-state index contributed by atoms with van der Waals surface area (Å²) < 4.78 is 24.0. The maximum atomic E-state index is 13.1. The Morgan fingerprint density at radius 1 is 0.780 bits per heavy atom. The molecule has 4 atom stereocenters. The van der Waals surface area contributed by atoms with Crippen LogP contribution in [0.1, 0.15) is 37.3 Å². The summed E-state index contributed by atoms with van der Waals surface area (Å²) in [4.78, 5) is 52.9. The van der Waals surface area contributed by atoms with E-state index in [9.17, 15) is 24.5 Å². The Hall–Kier alpha value is -5.43. The molecule has 41 heavy (non-hydrogen) atoms. The molecule has 1 saturated heterocycles. The predicted molar refractivity (Wildman–Crippen MR) is 139 cm³/mol. The third kappa shape index (κ3) is 6.25. The largest absolute Gasteiger partial charge is 0.491 e. The Morgan fingerprint density at radius 3 is 1.76 bits per heavy atom. The van der Waals surface area contributed by atoms with E-state index in [0.717, 1.165) is 11.0 Å². The highest BCUT2D eigenvalue weighted by molar-refractivity contribution is 5.91. The van der Waals surface area contributed by atoms with Crippen LogP contribution in [0.25, 0.3) is 0 Å². The first kappa shape index (κ1) is 27.1. The average Bonchev–Trinajstić information content (AvgIpc) is 3.63. The molecule has 13 nitrogen and oxygen atoms in total. The molecule has 1 aromatic heterocycles. The van der Waals surface area contributed by atoms with Gasteiger partial charge in [-0.3, -0.25) is 0 Å². The Kier molecular flexibility index (Phi) is 8.06. The Labute approximate surface area is 232 Å². The zero-order valence-electron chi connectivity index (χ0n) is 21.2. The van der Waals surface area contributed by atoms with E-state index >= 15 is 0 Å². The van der Waals surface area contributed by atoms with E-state index in [0.29, 0.717) is 0 Å². The summed E-state index contributed by atoms with van der Waals surface area (Å²) >= 11 is 0. The van der Waals surface area contributed by atoms with Gasteiger partial charge in [-0.1, -0.05) is 59.6 Å². The van der Waals surface area contributed by atoms with Gasteiger partial charge in [-0.05, 0) is 41.3 Å². The fourth-order valence-corrected chi connectivity index (χ4v) is 4.14. The molecule has 0 amide bonds. The van der Waals surface area contributed by atoms with E-state index in [2.05, 4.69) is 10.1 Å². The van der Waals surface area contributed by atoms with Crippen LogP contribution in [0.3, 0.4) is 0 Å². The lowest BCUT2D eigenvalue weighted by Crippen LogP contribution is -2.41. The Morgan fingerprint density at radius 2 is 1.27 bits per heavy atom. The lowest BCUT2D eigenvalue weighted by atomic mass is 10.1. The van der Waals surface area contributed by atoms with Crippen LogP contribution in [-0.2, 0) is 18.9 Å². The van der Waals surface area contributed by atoms with Gasteiger partial charge in [0.2, 0.25) is 12.6 Å². The molecular weight excluding hydrogens is 536 g/mol. The number of hydrogen-bond donors (Lipinski definition) is 0. The van der Waals surface area contributed by atoms with E-state index < -0.39 is 59.9 Å². The van der Waals surface area contributed by atoms with Crippen molar-refractivity contribution in [3.63, 3.8) is 0 Å². The van der Waals surface area contributed by atoms with E-state index in [1.807, 2.05) is 0 Å². The van der Waals surface area contributed by atoms with Crippen molar-refractivity contribution < 1.29 is 38.3 Å². The maximum Gasteiger partial charge on any atom is 0.491 e. The van der Waals surface area contributed by atoms with Gasteiger partial charge in [-0.25, -0.2) is 14.4 Å². The number of benzene rings is 3. The number of nitrogens with zero attached hydrogens (tertiary/aromatic N) is 4. The SMILES string of the molecule is O=C(OC[C@H]1O[C@@H](n2cnc([N+](=O)[O-])n2)[C@H](OC(=O)c2ccccc2)[C@@H]1OC(=O)c1ccccc1)c1ccccc1. The molecule has 0 bridgehead atoms. The van der Waals surface area contributed by atoms with Gasteiger partial charge in [-0.15, -0.1) is 4.68 Å². The number of aromatic nitrogens is 3. The van der Waals surface area contributed by atoms with E-state index in [1.165, 1.54) is 24.3 Å². The molecule has 5 rings (SSSR count). The molecule has 1 aliphatic rings. The molecular formula is C28H22N4O9. The molecule has 2 heterocycles. The standard InChI is InChI=1S/C28H22N4O9/c33-25(18-10-4-1-5-11-18)38-16-21-22(40-26(34)19-12-6-2-7-13-19)23(41-27(35)20-14-8-3-9-15-20)24(39-21)31-17-29-28(30-31)32(36)37/h1-15,17,21-24H,16H2/t21-,22-,23-,24-/m1/s1. The van der Waals surface area contributed by atoms with Crippen molar-refractivity contribution >= 4 is 23.9 Å². The van der Waals surface area contributed by atoms with E-state index in [4.69, 9.17) is 18.9 Å². The lowest BCUT2D eigenvalue weighted by Gasteiger charge is -2.24. The second-order valence-electron chi connectivity index (χ2n) is 8.78. The third-order valence-corrected chi connectivity index (χ3v) is 6.10. The molecule has 0 N–H and O–H groups in total. The fraction of sp³-hybridized carbons (Fsp3) is 0.179. The van der Waals surface area contributed by atoms with Gasteiger partial charge in [0.15, 0.2) is 12.2 Å².